The van der Waals surface area contributed by atoms with Crippen molar-refractivity contribution in [2.24, 2.45) is 0 Å². The van der Waals surface area contributed by atoms with Crippen LogP contribution in [-0.4, -0.2) is 24.1 Å². The summed E-state index contributed by atoms with van der Waals surface area (Å²) in [6, 6.07) is 12.9. The number of thiophene rings is 1. The van der Waals surface area contributed by atoms with Gasteiger partial charge in [-0.1, -0.05) is 24.3 Å². The molecule has 1 saturated carbocycles. The molecule has 0 radical (unpaired) electrons. The molecule has 126 valence electrons. The molecular weight excluding hydrogens is 324 g/mol. The largest absolute Gasteiger partial charge is 0.446 e. The van der Waals surface area contributed by atoms with Crippen LogP contribution in [0.3, 0.4) is 0 Å². The summed E-state index contributed by atoms with van der Waals surface area (Å²) in [5.41, 5.74) is 0.709. The van der Waals surface area contributed by atoms with Crippen molar-refractivity contribution >= 4 is 29.0 Å². The lowest BCUT2D eigenvalue weighted by Crippen LogP contribution is -2.41. The van der Waals surface area contributed by atoms with Crippen LogP contribution in [0.15, 0.2) is 47.8 Å². The van der Waals surface area contributed by atoms with Gasteiger partial charge in [0.1, 0.15) is 6.10 Å². The van der Waals surface area contributed by atoms with E-state index in [1.54, 1.807) is 0 Å². The van der Waals surface area contributed by atoms with E-state index in [-0.39, 0.29) is 18.1 Å². The lowest BCUT2D eigenvalue weighted by atomic mass is 9.93. The van der Waals surface area contributed by atoms with Gasteiger partial charge in [0.05, 0.1) is 4.88 Å². The average molecular weight is 344 g/mol. The van der Waals surface area contributed by atoms with Crippen LogP contribution < -0.4 is 10.6 Å². The standard InChI is InChI=1S/C18H20N2O3S/c21-17(16-10-5-11-24-16)19-14-8-4-9-15(12-14)23-18(22)20-13-6-2-1-3-7-13/h1-3,5-7,10-11,14-15H,4,8-9,12H2,(H,19,21)(H,20,22)/t14-,15+/m1/s1. The first kappa shape index (κ1) is 16.5. The number of hydrogen-bond donors (Lipinski definition) is 2. The van der Waals surface area contributed by atoms with Crippen molar-refractivity contribution in [2.45, 2.75) is 37.8 Å². The van der Waals surface area contributed by atoms with Crippen molar-refractivity contribution in [1.29, 1.82) is 0 Å². The second kappa shape index (κ2) is 7.97. The molecule has 1 aliphatic carbocycles. The molecule has 0 spiro atoms. The summed E-state index contributed by atoms with van der Waals surface area (Å²) in [5.74, 6) is -0.0515. The second-order valence-electron chi connectivity index (χ2n) is 5.83. The minimum absolute atomic E-state index is 0.0443. The molecule has 2 amide bonds. The Hall–Kier alpha value is -2.34. The van der Waals surface area contributed by atoms with Crippen molar-refractivity contribution < 1.29 is 14.3 Å². The van der Waals surface area contributed by atoms with Crippen LogP contribution in [0.2, 0.25) is 0 Å². The lowest BCUT2D eigenvalue weighted by molar-refractivity contribution is 0.0714. The van der Waals surface area contributed by atoms with Gasteiger partial charge in [0, 0.05) is 18.2 Å². The maximum atomic E-state index is 12.1. The van der Waals surface area contributed by atoms with E-state index in [1.807, 2.05) is 47.8 Å². The number of hydrogen-bond acceptors (Lipinski definition) is 4. The van der Waals surface area contributed by atoms with Gasteiger partial charge in [-0.3, -0.25) is 10.1 Å². The van der Waals surface area contributed by atoms with Gasteiger partial charge in [0.2, 0.25) is 0 Å². The highest BCUT2D eigenvalue weighted by Gasteiger charge is 2.26. The van der Waals surface area contributed by atoms with E-state index >= 15 is 0 Å². The molecule has 3 rings (SSSR count). The molecular formula is C18H20N2O3S. The molecule has 1 fully saturated rings. The highest BCUT2D eigenvalue weighted by Crippen LogP contribution is 2.22. The Labute approximate surface area is 145 Å². The van der Waals surface area contributed by atoms with Gasteiger partial charge in [-0.25, -0.2) is 4.79 Å². The molecule has 6 heteroatoms. The number of benzene rings is 1. The first-order chi connectivity index (χ1) is 11.7. The quantitative estimate of drug-likeness (QED) is 0.880. The van der Waals surface area contributed by atoms with E-state index in [0.29, 0.717) is 17.0 Å². The molecule has 5 nitrogen and oxygen atoms in total. The number of amides is 2. The van der Waals surface area contributed by atoms with Gasteiger partial charge < -0.3 is 10.1 Å². The SMILES string of the molecule is O=C(Nc1ccccc1)O[C@H]1CCC[C@@H](NC(=O)c2cccs2)C1. The van der Waals surface area contributed by atoms with Crippen LogP contribution in [0.4, 0.5) is 10.5 Å². The van der Waals surface area contributed by atoms with E-state index in [9.17, 15) is 9.59 Å². The Morgan fingerprint density at radius 1 is 1.08 bits per heavy atom. The van der Waals surface area contributed by atoms with Crippen LogP contribution in [0.5, 0.6) is 0 Å². The Morgan fingerprint density at radius 2 is 1.92 bits per heavy atom. The topological polar surface area (TPSA) is 67.4 Å². The summed E-state index contributed by atoms with van der Waals surface area (Å²) in [6.45, 7) is 0. The number of para-hydroxylation sites is 1. The number of carbonyl (C=O) groups excluding carboxylic acids is 2. The summed E-state index contributed by atoms with van der Waals surface area (Å²) in [7, 11) is 0. The van der Waals surface area contributed by atoms with Crippen LogP contribution in [-0.2, 0) is 4.74 Å². The van der Waals surface area contributed by atoms with Gasteiger partial charge in [0.15, 0.2) is 0 Å². The fraction of sp³-hybridized carbons (Fsp3) is 0.333. The predicted molar refractivity (Wildman–Crippen MR) is 94.4 cm³/mol. The number of carbonyl (C=O) groups is 2. The van der Waals surface area contributed by atoms with Gasteiger partial charge in [0.25, 0.3) is 5.91 Å². The van der Waals surface area contributed by atoms with Gasteiger partial charge in [-0.2, -0.15) is 0 Å². The molecule has 2 aromatic rings. The Kier molecular flexibility index (Phi) is 5.48. The lowest BCUT2D eigenvalue weighted by Gasteiger charge is -2.29. The number of nitrogens with one attached hydrogen (secondary N) is 2. The van der Waals surface area contributed by atoms with Gasteiger partial charge >= 0.3 is 6.09 Å². The van der Waals surface area contributed by atoms with Crippen LogP contribution in [0, 0.1) is 0 Å². The minimum atomic E-state index is -0.448. The number of rotatable bonds is 4. The smallest absolute Gasteiger partial charge is 0.411 e. The Bertz CT molecular complexity index is 673. The normalized spacial score (nSPS) is 20.2. The van der Waals surface area contributed by atoms with Crippen molar-refractivity contribution in [3.05, 3.63) is 52.7 Å². The number of anilines is 1. The maximum absolute atomic E-state index is 12.1. The molecule has 0 aliphatic heterocycles. The summed E-state index contributed by atoms with van der Waals surface area (Å²) in [6.07, 6.45) is 2.70. The predicted octanol–water partition coefficient (Wildman–Crippen LogP) is 4.04. The first-order valence-corrected chi connectivity index (χ1v) is 8.96. The summed E-state index contributed by atoms with van der Waals surface area (Å²) >= 11 is 1.42. The molecule has 0 saturated heterocycles. The molecule has 1 aromatic heterocycles. The molecule has 1 heterocycles. The third-order valence-electron chi connectivity index (χ3n) is 4.00. The first-order valence-electron chi connectivity index (χ1n) is 8.08. The second-order valence-corrected chi connectivity index (χ2v) is 6.78. The van der Waals surface area contributed by atoms with Gasteiger partial charge in [-0.05, 0) is 42.8 Å². The molecule has 2 atom stereocenters. The number of ether oxygens (including phenoxy) is 1. The maximum Gasteiger partial charge on any atom is 0.411 e. The summed E-state index contributed by atoms with van der Waals surface area (Å²) in [4.78, 5) is 24.8. The van der Waals surface area contributed by atoms with E-state index in [4.69, 9.17) is 4.74 Å². The monoisotopic (exact) mass is 344 g/mol. The highest BCUT2D eigenvalue weighted by molar-refractivity contribution is 7.12. The minimum Gasteiger partial charge on any atom is -0.446 e. The highest BCUT2D eigenvalue weighted by atomic mass is 32.1. The Balaban J connectivity index is 1.48. The fourth-order valence-corrected chi connectivity index (χ4v) is 3.49. The van der Waals surface area contributed by atoms with E-state index in [0.717, 1.165) is 19.3 Å². The zero-order valence-corrected chi connectivity index (χ0v) is 14.1. The van der Waals surface area contributed by atoms with Gasteiger partial charge in [-0.15, -0.1) is 11.3 Å². The van der Waals surface area contributed by atoms with Crippen molar-refractivity contribution in [3.63, 3.8) is 0 Å². The van der Waals surface area contributed by atoms with Crippen LogP contribution in [0.1, 0.15) is 35.4 Å². The average Bonchev–Trinajstić information content (AvgIpc) is 3.10. The van der Waals surface area contributed by atoms with E-state index in [2.05, 4.69) is 10.6 Å². The third kappa shape index (κ3) is 4.58. The molecule has 1 aromatic carbocycles. The van der Waals surface area contributed by atoms with Crippen molar-refractivity contribution in [1.82, 2.24) is 5.32 Å². The molecule has 1 aliphatic rings. The molecule has 0 bridgehead atoms. The zero-order valence-electron chi connectivity index (χ0n) is 13.2. The molecule has 0 unspecified atom stereocenters. The summed E-state index contributed by atoms with van der Waals surface area (Å²) in [5, 5.41) is 7.64. The third-order valence-corrected chi connectivity index (χ3v) is 4.87. The Morgan fingerprint density at radius 3 is 2.67 bits per heavy atom. The van der Waals surface area contributed by atoms with Crippen LogP contribution >= 0.6 is 11.3 Å². The van der Waals surface area contributed by atoms with E-state index in [1.165, 1.54) is 11.3 Å². The zero-order chi connectivity index (χ0) is 16.8. The van der Waals surface area contributed by atoms with E-state index < -0.39 is 6.09 Å². The fourth-order valence-electron chi connectivity index (χ4n) is 2.87. The molecule has 2 N–H and O–H groups in total. The molecule has 24 heavy (non-hydrogen) atoms. The van der Waals surface area contributed by atoms with Crippen LogP contribution in [0.25, 0.3) is 0 Å². The summed E-state index contributed by atoms with van der Waals surface area (Å²) < 4.78 is 5.50. The van der Waals surface area contributed by atoms with Crippen molar-refractivity contribution in [3.8, 4) is 0 Å². The van der Waals surface area contributed by atoms with Crippen molar-refractivity contribution in [2.75, 3.05) is 5.32 Å².